The van der Waals surface area contributed by atoms with Crippen LogP contribution in [-0.2, 0) is 32.2 Å². The minimum absolute atomic E-state index is 0.0536. The summed E-state index contributed by atoms with van der Waals surface area (Å²) in [6.45, 7) is 15.3. The molecule has 2 fully saturated rings. The molecule has 0 bridgehead atoms. The lowest BCUT2D eigenvalue weighted by molar-refractivity contribution is -0.292. The normalized spacial score (nSPS) is 17.8. The maximum atomic E-state index is 13.5. The highest BCUT2D eigenvalue weighted by molar-refractivity contribution is 6.27. The van der Waals surface area contributed by atoms with Crippen LogP contribution in [0.3, 0.4) is 0 Å². The van der Waals surface area contributed by atoms with Crippen LogP contribution in [-0.4, -0.2) is 88.8 Å². The molecular formula is C34H48FN3O8. The topological polar surface area (TPSA) is 138 Å². The summed E-state index contributed by atoms with van der Waals surface area (Å²) in [6, 6.07) is 14.2. The monoisotopic (exact) mass is 645 g/mol. The van der Waals surface area contributed by atoms with Crippen LogP contribution in [0.2, 0.25) is 0 Å². The predicted molar refractivity (Wildman–Crippen MR) is 170 cm³/mol. The van der Waals surface area contributed by atoms with Crippen molar-refractivity contribution in [2.75, 3.05) is 32.8 Å². The number of carboxylic acids is 2. The first-order valence-electron chi connectivity index (χ1n) is 15.7. The molecule has 2 heterocycles. The van der Waals surface area contributed by atoms with Crippen LogP contribution < -0.4 is 10.1 Å². The van der Waals surface area contributed by atoms with Gasteiger partial charge >= 0.3 is 18.0 Å². The van der Waals surface area contributed by atoms with Gasteiger partial charge in [-0.2, -0.15) is 0 Å². The molecule has 2 aromatic rings. The first kappa shape index (κ1) is 36.7. The van der Waals surface area contributed by atoms with Crippen LogP contribution in [0.25, 0.3) is 0 Å². The van der Waals surface area contributed by atoms with Gasteiger partial charge in [-0.05, 0) is 69.0 Å². The molecule has 0 spiro atoms. The number of hydrogen-bond acceptors (Lipinski definition) is 7. The molecule has 254 valence electrons. The summed E-state index contributed by atoms with van der Waals surface area (Å²) < 4.78 is 31.4. The summed E-state index contributed by atoms with van der Waals surface area (Å²) in [4.78, 5) is 36.0. The predicted octanol–water partition coefficient (Wildman–Crippen LogP) is 5.12. The van der Waals surface area contributed by atoms with E-state index in [1.54, 1.807) is 12.1 Å². The molecule has 2 aromatic carbocycles. The van der Waals surface area contributed by atoms with Gasteiger partial charge in [0.2, 0.25) is 0 Å². The van der Waals surface area contributed by atoms with E-state index >= 15 is 0 Å². The molecule has 0 saturated carbocycles. The molecule has 46 heavy (non-hydrogen) atoms. The molecule has 2 amide bonds. The lowest BCUT2D eigenvalue weighted by Crippen LogP contribution is -2.51. The number of benzene rings is 2. The zero-order valence-corrected chi connectivity index (χ0v) is 27.5. The number of aliphatic carboxylic acids is 2. The Hall–Kier alpha value is -3.74. The molecule has 0 aliphatic carbocycles. The van der Waals surface area contributed by atoms with Gasteiger partial charge in [0.15, 0.2) is 5.79 Å². The van der Waals surface area contributed by atoms with Gasteiger partial charge in [0.25, 0.3) is 0 Å². The molecule has 11 nitrogen and oxygen atoms in total. The van der Waals surface area contributed by atoms with Crippen LogP contribution in [0, 0.1) is 11.2 Å². The fourth-order valence-corrected chi connectivity index (χ4v) is 5.13. The van der Waals surface area contributed by atoms with Crippen molar-refractivity contribution in [2.45, 2.75) is 84.9 Å². The first-order valence-corrected chi connectivity index (χ1v) is 15.7. The van der Waals surface area contributed by atoms with E-state index in [1.807, 2.05) is 49.9 Å². The highest BCUT2D eigenvalue weighted by Gasteiger charge is 2.37. The highest BCUT2D eigenvalue weighted by Crippen LogP contribution is 2.31. The second kappa shape index (κ2) is 16.7. The van der Waals surface area contributed by atoms with E-state index in [0.29, 0.717) is 26.3 Å². The number of hydrogen-bond donors (Lipinski definition) is 3. The lowest BCUT2D eigenvalue weighted by Gasteiger charge is -2.43. The van der Waals surface area contributed by atoms with E-state index in [2.05, 4.69) is 24.1 Å². The molecule has 0 unspecified atom stereocenters. The van der Waals surface area contributed by atoms with Crippen molar-refractivity contribution in [3.8, 4) is 5.75 Å². The summed E-state index contributed by atoms with van der Waals surface area (Å²) in [5.41, 5.74) is 1.97. The third-order valence-electron chi connectivity index (χ3n) is 7.87. The van der Waals surface area contributed by atoms with Crippen LogP contribution in [0.4, 0.5) is 9.18 Å². The van der Waals surface area contributed by atoms with E-state index in [-0.39, 0.29) is 29.4 Å². The summed E-state index contributed by atoms with van der Waals surface area (Å²) >= 11 is 0. The Balaban J connectivity index is 0.000000875. The Labute approximate surface area is 270 Å². The third-order valence-corrected chi connectivity index (χ3v) is 7.87. The number of halogens is 1. The maximum absolute atomic E-state index is 13.5. The fraction of sp³-hybridized carbons (Fsp3) is 0.559. The number of nitrogens with zero attached hydrogens (tertiary/aromatic N) is 2. The minimum Gasteiger partial charge on any atom is -0.491 e. The van der Waals surface area contributed by atoms with Gasteiger partial charge in [0, 0.05) is 50.6 Å². The number of piperidine rings is 1. The first-order chi connectivity index (χ1) is 21.6. The number of carbonyl (C=O) groups excluding carboxylic acids is 1. The molecule has 2 saturated heterocycles. The van der Waals surface area contributed by atoms with Gasteiger partial charge in [0.05, 0.1) is 19.3 Å². The number of nitrogens with one attached hydrogen (secondary N) is 1. The third kappa shape index (κ3) is 12.2. The number of rotatable bonds is 10. The largest absolute Gasteiger partial charge is 0.491 e. The zero-order chi connectivity index (χ0) is 33.9. The Morgan fingerprint density at radius 1 is 0.957 bits per heavy atom. The average molecular weight is 646 g/mol. The van der Waals surface area contributed by atoms with Gasteiger partial charge in [-0.1, -0.05) is 38.1 Å². The van der Waals surface area contributed by atoms with Gasteiger partial charge in [-0.15, -0.1) is 0 Å². The number of ether oxygens (including phenoxy) is 3. The number of amides is 2. The molecule has 2 aliphatic rings. The van der Waals surface area contributed by atoms with Crippen molar-refractivity contribution >= 4 is 18.0 Å². The number of carbonyl (C=O) groups is 3. The fourth-order valence-electron chi connectivity index (χ4n) is 5.13. The molecule has 0 aromatic heterocycles. The van der Waals surface area contributed by atoms with Gasteiger partial charge in [-0.25, -0.2) is 18.8 Å². The molecule has 0 atom stereocenters. The summed E-state index contributed by atoms with van der Waals surface area (Å²) in [6.07, 6.45) is 2.68. The number of urea groups is 1. The molecule has 0 radical (unpaired) electrons. The van der Waals surface area contributed by atoms with Gasteiger partial charge < -0.3 is 39.5 Å². The van der Waals surface area contributed by atoms with Crippen molar-refractivity contribution < 1.29 is 43.2 Å². The SMILES string of the molecule is CC(C)Oc1ccc(CNC(=O)N(Cc2ccc(F)cc2)C2CCN(CCC3(C)OCC(C)(C)CO3)CC2)cc1.O=C(O)C(=O)O. The smallest absolute Gasteiger partial charge is 0.414 e. The Kier molecular flexibility index (Phi) is 13.3. The number of likely N-dealkylation sites (tertiary alicyclic amines) is 1. The summed E-state index contributed by atoms with van der Waals surface area (Å²) in [5, 5.41) is 17.9. The van der Waals surface area contributed by atoms with Gasteiger partial charge in [-0.3, -0.25) is 0 Å². The van der Waals surface area contributed by atoms with E-state index in [0.717, 1.165) is 55.8 Å². The second-order valence-corrected chi connectivity index (χ2v) is 13.0. The van der Waals surface area contributed by atoms with Crippen molar-refractivity contribution in [3.63, 3.8) is 0 Å². The van der Waals surface area contributed by atoms with E-state index < -0.39 is 17.7 Å². The Morgan fingerprint density at radius 2 is 1.50 bits per heavy atom. The molecule has 2 aliphatic heterocycles. The summed E-state index contributed by atoms with van der Waals surface area (Å²) in [7, 11) is 0. The van der Waals surface area contributed by atoms with Crippen LogP contribution >= 0.6 is 0 Å². The van der Waals surface area contributed by atoms with Crippen molar-refractivity contribution in [1.29, 1.82) is 0 Å². The Morgan fingerprint density at radius 3 is 2.02 bits per heavy atom. The molecule has 4 rings (SSSR count). The van der Waals surface area contributed by atoms with Crippen LogP contribution in [0.5, 0.6) is 5.75 Å². The molecule has 12 heteroatoms. The molecular weight excluding hydrogens is 597 g/mol. The quantitative estimate of drug-likeness (QED) is 0.301. The van der Waals surface area contributed by atoms with E-state index in [1.165, 1.54) is 12.1 Å². The standard InChI is InChI=1S/C32H46FN3O4.C2H2O4/c1-24(2)40-29-12-8-25(9-13-29)20-34-30(37)36(21-26-6-10-27(33)11-7-26)28-14-17-35(18-15-28)19-16-32(5)38-22-31(3,4)23-39-32;3-1(4)2(5)6/h6-13,24,28H,14-23H2,1-5H3,(H,34,37);(H,3,4)(H,5,6). The van der Waals surface area contributed by atoms with Crippen molar-refractivity contribution in [2.24, 2.45) is 5.41 Å². The van der Waals surface area contributed by atoms with Crippen molar-refractivity contribution in [1.82, 2.24) is 15.1 Å². The minimum atomic E-state index is -1.82. The Bertz CT molecular complexity index is 1260. The highest BCUT2D eigenvalue weighted by atomic mass is 19.1. The van der Waals surface area contributed by atoms with Crippen LogP contribution in [0.1, 0.15) is 65.0 Å². The number of carboxylic acid groups (broad SMARTS) is 2. The zero-order valence-electron chi connectivity index (χ0n) is 27.5. The lowest BCUT2D eigenvalue weighted by atomic mass is 9.94. The van der Waals surface area contributed by atoms with Crippen LogP contribution in [0.15, 0.2) is 48.5 Å². The molecule has 3 N–H and O–H groups in total. The average Bonchev–Trinajstić information content (AvgIpc) is 3.01. The maximum Gasteiger partial charge on any atom is 0.414 e. The van der Waals surface area contributed by atoms with E-state index in [9.17, 15) is 9.18 Å². The van der Waals surface area contributed by atoms with Gasteiger partial charge in [0.1, 0.15) is 11.6 Å². The second-order valence-electron chi connectivity index (χ2n) is 13.0. The van der Waals surface area contributed by atoms with E-state index in [4.69, 9.17) is 34.0 Å². The summed E-state index contributed by atoms with van der Waals surface area (Å²) in [5.74, 6) is -3.65. The van der Waals surface area contributed by atoms with Crippen molar-refractivity contribution in [3.05, 3.63) is 65.5 Å².